The van der Waals surface area contributed by atoms with Crippen molar-refractivity contribution in [2.24, 2.45) is 0 Å². The van der Waals surface area contributed by atoms with Crippen molar-refractivity contribution in [2.45, 2.75) is 13.1 Å². The first-order valence-electron chi connectivity index (χ1n) is 9.06. The molecule has 3 aromatic carbocycles. The predicted octanol–water partition coefficient (Wildman–Crippen LogP) is 6.77. The summed E-state index contributed by atoms with van der Waals surface area (Å²) in [4.78, 5) is 15.3. The SMILES string of the molecule is CCOc1cccc(N2C(=O)c3cc(I)ccc3N[C@@H]2c2cccc(Cl)c2Cl)c1. The van der Waals surface area contributed by atoms with Crippen LogP contribution in [0.25, 0.3) is 0 Å². The summed E-state index contributed by atoms with van der Waals surface area (Å²) in [6.07, 6.45) is -0.516. The first kappa shape index (κ1) is 20.3. The number of benzene rings is 3. The maximum absolute atomic E-state index is 13.6. The average molecular weight is 539 g/mol. The van der Waals surface area contributed by atoms with Crippen LogP contribution in [0.4, 0.5) is 11.4 Å². The number of ether oxygens (including phenoxy) is 1. The van der Waals surface area contributed by atoms with Crippen molar-refractivity contribution in [2.75, 3.05) is 16.8 Å². The number of carbonyl (C=O) groups excluding carboxylic acids is 1. The number of amides is 1. The second-order valence-electron chi connectivity index (χ2n) is 6.49. The van der Waals surface area contributed by atoms with E-state index >= 15 is 0 Å². The Morgan fingerprint density at radius 2 is 1.90 bits per heavy atom. The Kier molecular flexibility index (Phi) is 5.90. The van der Waals surface area contributed by atoms with E-state index in [-0.39, 0.29) is 5.91 Å². The van der Waals surface area contributed by atoms with Gasteiger partial charge in [-0.2, -0.15) is 0 Å². The molecule has 1 heterocycles. The van der Waals surface area contributed by atoms with Crippen LogP contribution in [0, 0.1) is 3.57 Å². The van der Waals surface area contributed by atoms with Crippen molar-refractivity contribution in [3.63, 3.8) is 0 Å². The second kappa shape index (κ2) is 8.42. The Morgan fingerprint density at radius 3 is 2.69 bits per heavy atom. The molecule has 148 valence electrons. The van der Waals surface area contributed by atoms with Gasteiger partial charge in [-0.1, -0.05) is 41.4 Å². The summed E-state index contributed by atoms with van der Waals surface area (Å²) in [7, 11) is 0. The lowest BCUT2D eigenvalue weighted by Crippen LogP contribution is -2.43. The van der Waals surface area contributed by atoms with Gasteiger partial charge >= 0.3 is 0 Å². The molecule has 0 radical (unpaired) electrons. The minimum atomic E-state index is -0.516. The number of rotatable bonds is 4. The Bertz CT molecular complexity index is 1090. The quantitative estimate of drug-likeness (QED) is 0.373. The lowest BCUT2D eigenvalue weighted by atomic mass is 10.0. The van der Waals surface area contributed by atoms with Gasteiger partial charge in [-0.25, -0.2) is 0 Å². The third kappa shape index (κ3) is 3.91. The number of nitrogens with one attached hydrogen (secondary N) is 1. The van der Waals surface area contributed by atoms with E-state index in [9.17, 15) is 4.79 Å². The maximum atomic E-state index is 13.6. The van der Waals surface area contributed by atoms with E-state index < -0.39 is 6.17 Å². The summed E-state index contributed by atoms with van der Waals surface area (Å²) in [5.41, 5.74) is 2.79. The molecule has 0 spiro atoms. The van der Waals surface area contributed by atoms with Crippen LogP contribution in [0.3, 0.4) is 0 Å². The lowest BCUT2D eigenvalue weighted by molar-refractivity contribution is 0.0975. The fourth-order valence-electron chi connectivity index (χ4n) is 3.38. The molecule has 7 heteroatoms. The van der Waals surface area contributed by atoms with Crippen molar-refractivity contribution in [1.29, 1.82) is 0 Å². The molecule has 0 bridgehead atoms. The second-order valence-corrected chi connectivity index (χ2v) is 8.52. The zero-order valence-corrected chi connectivity index (χ0v) is 19.1. The smallest absolute Gasteiger partial charge is 0.262 e. The Hall–Kier alpha value is -1.96. The molecule has 1 aliphatic heterocycles. The van der Waals surface area contributed by atoms with Crippen molar-refractivity contribution >= 4 is 63.1 Å². The minimum Gasteiger partial charge on any atom is -0.494 e. The molecule has 0 fully saturated rings. The van der Waals surface area contributed by atoms with Crippen molar-refractivity contribution in [1.82, 2.24) is 0 Å². The first-order valence-corrected chi connectivity index (χ1v) is 10.9. The molecule has 29 heavy (non-hydrogen) atoms. The molecule has 3 aromatic rings. The van der Waals surface area contributed by atoms with Crippen molar-refractivity contribution in [3.05, 3.63) is 85.4 Å². The highest BCUT2D eigenvalue weighted by Crippen LogP contribution is 2.41. The molecule has 1 amide bonds. The van der Waals surface area contributed by atoms with Gasteiger partial charge in [0, 0.05) is 20.9 Å². The summed E-state index contributed by atoms with van der Waals surface area (Å²) >= 11 is 15.0. The monoisotopic (exact) mass is 538 g/mol. The van der Waals surface area contributed by atoms with Gasteiger partial charge in [0.1, 0.15) is 11.9 Å². The van der Waals surface area contributed by atoms with Crippen molar-refractivity contribution < 1.29 is 9.53 Å². The number of carbonyl (C=O) groups is 1. The topological polar surface area (TPSA) is 41.6 Å². The number of hydrogen-bond acceptors (Lipinski definition) is 3. The first-order chi connectivity index (χ1) is 14.0. The van der Waals surface area contributed by atoms with Crippen LogP contribution in [0.1, 0.15) is 29.0 Å². The van der Waals surface area contributed by atoms with E-state index in [2.05, 4.69) is 27.9 Å². The summed E-state index contributed by atoms with van der Waals surface area (Å²) in [5.74, 6) is 0.578. The number of halogens is 3. The van der Waals surface area contributed by atoms with Crippen LogP contribution in [0.2, 0.25) is 10.0 Å². The zero-order chi connectivity index (χ0) is 20.5. The van der Waals surface area contributed by atoms with Gasteiger partial charge < -0.3 is 10.1 Å². The molecule has 1 atom stereocenters. The van der Waals surface area contributed by atoms with Crippen LogP contribution < -0.4 is 15.0 Å². The molecule has 0 aromatic heterocycles. The Morgan fingerprint density at radius 1 is 1.10 bits per heavy atom. The lowest BCUT2D eigenvalue weighted by Gasteiger charge is -2.38. The van der Waals surface area contributed by atoms with E-state index in [1.54, 1.807) is 11.0 Å². The van der Waals surface area contributed by atoms with Crippen LogP contribution >= 0.6 is 45.8 Å². The molecule has 0 unspecified atom stereocenters. The van der Waals surface area contributed by atoms with Crippen LogP contribution in [0.15, 0.2) is 60.7 Å². The maximum Gasteiger partial charge on any atom is 0.262 e. The van der Waals surface area contributed by atoms with Crippen LogP contribution in [-0.4, -0.2) is 12.5 Å². The molecular weight excluding hydrogens is 522 g/mol. The normalized spacial score (nSPS) is 15.7. The minimum absolute atomic E-state index is 0.119. The summed E-state index contributed by atoms with van der Waals surface area (Å²) < 4.78 is 6.62. The third-order valence-electron chi connectivity index (χ3n) is 4.66. The molecule has 4 nitrogen and oxygen atoms in total. The number of anilines is 2. The molecule has 1 N–H and O–H groups in total. The number of nitrogens with zero attached hydrogens (tertiary/aromatic N) is 1. The summed E-state index contributed by atoms with van der Waals surface area (Å²) in [6.45, 7) is 2.47. The summed E-state index contributed by atoms with van der Waals surface area (Å²) in [5, 5.41) is 4.31. The standard InChI is InChI=1S/C22H17Cl2IN2O2/c1-2-29-15-6-3-5-14(12-15)27-21(16-7-4-8-18(23)20(16)24)26-19-10-9-13(25)11-17(19)22(27)28/h3-12,21,26H,2H2,1H3/t21-/m0/s1. The van der Waals surface area contributed by atoms with Gasteiger partial charge in [-0.3, -0.25) is 9.69 Å². The van der Waals surface area contributed by atoms with E-state index in [0.717, 1.165) is 14.8 Å². The molecular formula is C22H17Cl2IN2O2. The van der Waals surface area contributed by atoms with Gasteiger partial charge in [0.25, 0.3) is 5.91 Å². The molecule has 0 aliphatic carbocycles. The van der Waals surface area contributed by atoms with Crippen LogP contribution in [0.5, 0.6) is 5.75 Å². The van der Waals surface area contributed by atoms with E-state index in [4.69, 9.17) is 27.9 Å². The van der Waals surface area contributed by atoms with Gasteiger partial charge in [0.05, 0.1) is 27.9 Å². The molecule has 0 saturated heterocycles. The van der Waals surface area contributed by atoms with E-state index in [1.165, 1.54) is 0 Å². The average Bonchev–Trinajstić information content (AvgIpc) is 2.71. The molecule has 1 aliphatic rings. The third-order valence-corrected chi connectivity index (χ3v) is 6.17. The highest BCUT2D eigenvalue weighted by Gasteiger charge is 2.35. The highest BCUT2D eigenvalue weighted by atomic mass is 127. The van der Waals surface area contributed by atoms with E-state index in [0.29, 0.717) is 33.7 Å². The van der Waals surface area contributed by atoms with Gasteiger partial charge in [-0.05, 0) is 65.9 Å². The fraction of sp³-hybridized carbons (Fsp3) is 0.136. The van der Waals surface area contributed by atoms with Gasteiger partial charge in [0.2, 0.25) is 0 Å². The predicted molar refractivity (Wildman–Crippen MR) is 126 cm³/mol. The number of hydrogen-bond donors (Lipinski definition) is 1. The Labute approximate surface area is 192 Å². The van der Waals surface area contributed by atoms with E-state index in [1.807, 2.05) is 61.5 Å². The van der Waals surface area contributed by atoms with Gasteiger partial charge in [0.15, 0.2) is 0 Å². The zero-order valence-electron chi connectivity index (χ0n) is 15.5. The largest absolute Gasteiger partial charge is 0.494 e. The highest BCUT2D eigenvalue weighted by molar-refractivity contribution is 14.1. The fourth-order valence-corrected chi connectivity index (χ4v) is 4.29. The molecule has 4 rings (SSSR count). The Balaban J connectivity index is 1.89. The van der Waals surface area contributed by atoms with Crippen molar-refractivity contribution in [3.8, 4) is 5.75 Å². The molecule has 0 saturated carbocycles. The van der Waals surface area contributed by atoms with Gasteiger partial charge in [-0.15, -0.1) is 0 Å². The number of fused-ring (bicyclic) bond motifs is 1. The summed E-state index contributed by atoms with van der Waals surface area (Å²) in [6, 6.07) is 18.6. The van der Waals surface area contributed by atoms with Crippen LogP contribution in [-0.2, 0) is 0 Å².